The lowest BCUT2D eigenvalue weighted by Gasteiger charge is -2.16. The molecule has 1 rings (SSSR count). The standard InChI is InChI=1S/C25H42O6S/c1-25(2)29-23-24(31-25)22-28-20-18-16-14-12-10-8-6-4-5-7-9-11-13-15-17-19-21-30-32(3,26)27/h10,12,18,20,24H,4-9,11,13,15,17,19,21-23H2,1-3H3/b12-10-,20-18-/t24-/m1/s1. The Kier molecular flexibility index (Phi) is 15.4. The number of ether oxygens (including phenoxy) is 3. The van der Waals surface area contributed by atoms with E-state index in [0.717, 1.165) is 31.9 Å². The smallest absolute Gasteiger partial charge is 0.264 e. The van der Waals surface area contributed by atoms with Crippen LogP contribution in [0.15, 0.2) is 24.5 Å². The highest BCUT2D eigenvalue weighted by Gasteiger charge is 2.32. The fourth-order valence-corrected chi connectivity index (χ4v) is 3.74. The summed E-state index contributed by atoms with van der Waals surface area (Å²) in [6.45, 7) is 5.14. The van der Waals surface area contributed by atoms with Gasteiger partial charge in [-0.15, -0.1) is 0 Å². The molecule has 184 valence electrons. The lowest BCUT2D eigenvalue weighted by Crippen LogP contribution is -2.23. The van der Waals surface area contributed by atoms with Gasteiger partial charge in [0, 0.05) is 6.08 Å². The van der Waals surface area contributed by atoms with Crippen molar-refractivity contribution >= 4 is 10.1 Å². The van der Waals surface area contributed by atoms with Crippen LogP contribution in [0.1, 0.15) is 84.5 Å². The third kappa shape index (κ3) is 18.3. The van der Waals surface area contributed by atoms with Gasteiger partial charge in [0.25, 0.3) is 10.1 Å². The summed E-state index contributed by atoms with van der Waals surface area (Å²) >= 11 is 0. The number of unbranched alkanes of at least 4 members (excludes halogenated alkanes) is 10. The third-order valence-electron chi connectivity index (χ3n) is 4.94. The summed E-state index contributed by atoms with van der Waals surface area (Å²) in [4.78, 5) is 0. The molecular formula is C25H42O6S. The summed E-state index contributed by atoms with van der Waals surface area (Å²) in [7, 11) is -3.28. The average molecular weight is 471 g/mol. The molecule has 1 heterocycles. The molecule has 1 atom stereocenters. The van der Waals surface area contributed by atoms with E-state index in [1.807, 2.05) is 19.9 Å². The van der Waals surface area contributed by atoms with E-state index in [-0.39, 0.29) is 6.10 Å². The molecule has 32 heavy (non-hydrogen) atoms. The van der Waals surface area contributed by atoms with Crippen LogP contribution in [-0.2, 0) is 28.5 Å². The van der Waals surface area contributed by atoms with Crippen molar-refractivity contribution in [3.05, 3.63) is 24.5 Å². The van der Waals surface area contributed by atoms with Crippen molar-refractivity contribution in [2.24, 2.45) is 0 Å². The summed E-state index contributed by atoms with van der Waals surface area (Å²) in [5.74, 6) is 5.41. The van der Waals surface area contributed by atoms with E-state index >= 15 is 0 Å². The Hall–Kier alpha value is -1.33. The minimum atomic E-state index is -3.28. The van der Waals surface area contributed by atoms with E-state index in [2.05, 4.69) is 17.9 Å². The Morgan fingerprint density at radius 3 is 2.12 bits per heavy atom. The molecule has 0 spiro atoms. The first-order valence-corrected chi connectivity index (χ1v) is 13.7. The van der Waals surface area contributed by atoms with E-state index in [9.17, 15) is 8.42 Å². The maximum atomic E-state index is 10.8. The fraction of sp³-hybridized carbons (Fsp3) is 0.760. The number of hydrogen-bond donors (Lipinski definition) is 0. The summed E-state index contributed by atoms with van der Waals surface area (Å²) in [5.41, 5.74) is 0. The zero-order valence-electron chi connectivity index (χ0n) is 20.1. The molecule has 7 heteroatoms. The van der Waals surface area contributed by atoms with Crippen molar-refractivity contribution in [2.75, 3.05) is 26.1 Å². The molecule has 1 aliphatic heterocycles. The average Bonchev–Trinajstić information content (AvgIpc) is 3.07. The van der Waals surface area contributed by atoms with Crippen molar-refractivity contribution in [1.29, 1.82) is 0 Å². The number of hydrogen-bond acceptors (Lipinski definition) is 6. The van der Waals surface area contributed by atoms with E-state index in [1.165, 1.54) is 44.9 Å². The highest BCUT2D eigenvalue weighted by molar-refractivity contribution is 7.85. The SMILES string of the molecule is CC1(C)OC[C@@H](CO/C=C\C#C/C=C\CCCCCCCCCCCCOS(C)(=O)=O)O1. The van der Waals surface area contributed by atoms with Crippen molar-refractivity contribution in [3.63, 3.8) is 0 Å². The molecule has 0 unspecified atom stereocenters. The lowest BCUT2D eigenvalue weighted by molar-refractivity contribution is -0.142. The van der Waals surface area contributed by atoms with Crippen LogP contribution in [0.5, 0.6) is 0 Å². The zero-order chi connectivity index (χ0) is 23.5. The molecule has 1 saturated heterocycles. The van der Waals surface area contributed by atoms with Gasteiger partial charge in [-0.05, 0) is 39.2 Å². The Bertz CT molecular complexity index is 700. The van der Waals surface area contributed by atoms with Crippen LogP contribution in [0.2, 0.25) is 0 Å². The lowest BCUT2D eigenvalue weighted by atomic mass is 10.1. The van der Waals surface area contributed by atoms with Gasteiger partial charge < -0.3 is 14.2 Å². The second-order valence-corrected chi connectivity index (χ2v) is 10.3. The Balaban J connectivity index is 1.83. The van der Waals surface area contributed by atoms with Crippen LogP contribution in [0, 0.1) is 11.8 Å². The minimum Gasteiger partial charge on any atom is -0.498 e. The van der Waals surface area contributed by atoms with Crippen LogP contribution < -0.4 is 0 Å². The fourth-order valence-electron chi connectivity index (χ4n) is 3.32. The number of rotatable bonds is 17. The molecule has 0 N–H and O–H groups in total. The summed E-state index contributed by atoms with van der Waals surface area (Å²) in [5, 5.41) is 0. The van der Waals surface area contributed by atoms with Crippen molar-refractivity contribution in [1.82, 2.24) is 0 Å². The zero-order valence-corrected chi connectivity index (χ0v) is 21.0. The molecule has 0 aromatic rings. The highest BCUT2D eigenvalue weighted by atomic mass is 32.2. The Morgan fingerprint density at radius 2 is 1.53 bits per heavy atom. The topological polar surface area (TPSA) is 71.1 Å². The van der Waals surface area contributed by atoms with Gasteiger partial charge >= 0.3 is 0 Å². The minimum absolute atomic E-state index is 0.0247. The van der Waals surface area contributed by atoms with Crippen LogP contribution in [0.3, 0.4) is 0 Å². The summed E-state index contributed by atoms with van der Waals surface area (Å²) < 4.78 is 42.9. The van der Waals surface area contributed by atoms with Crippen molar-refractivity contribution in [3.8, 4) is 11.8 Å². The molecular weight excluding hydrogens is 428 g/mol. The predicted octanol–water partition coefficient (Wildman–Crippen LogP) is 5.50. The molecule has 0 saturated carbocycles. The van der Waals surface area contributed by atoms with Crippen LogP contribution in [0.4, 0.5) is 0 Å². The molecule has 1 aliphatic rings. The highest BCUT2D eigenvalue weighted by Crippen LogP contribution is 2.22. The van der Waals surface area contributed by atoms with Gasteiger partial charge in [-0.3, -0.25) is 4.18 Å². The molecule has 0 aromatic heterocycles. The quantitative estimate of drug-likeness (QED) is 0.121. The molecule has 0 radical (unpaired) electrons. The second-order valence-electron chi connectivity index (χ2n) is 8.63. The Morgan fingerprint density at radius 1 is 0.938 bits per heavy atom. The summed E-state index contributed by atoms with van der Waals surface area (Å²) in [6, 6.07) is 0. The summed E-state index contributed by atoms with van der Waals surface area (Å²) in [6.07, 6.45) is 21.3. The van der Waals surface area contributed by atoms with Gasteiger partial charge in [-0.1, -0.05) is 69.3 Å². The van der Waals surface area contributed by atoms with Gasteiger partial charge in [0.1, 0.15) is 12.7 Å². The molecule has 0 aromatic carbocycles. The van der Waals surface area contributed by atoms with Crippen LogP contribution in [0.25, 0.3) is 0 Å². The predicted molar refractivity (Wildman–Crippen MR) is 128 cm³/mol. The van der Waals surface area contributed by atoms with E-state index < -0.39 is 15.9 Å². The molecule has 6 nitrogen and oxygen atoms in total. The molecule has 0 aliphatic carbocycles. The van der Waals surface area contributed by atoms with Gasteiger partial charge in [-0.25, -0.2) is 0 Å². The largest absolute Gasteiger partial charge is 0.498 e. The van der Waals surface area contributed by atoms with Crippen molar-refractivity contribution in [2.45, 2.75) is 96.4 Å². The normalized spacial score (nSPS) is 18.3. The van der Waals surface area contributed by atoms with Crippen molar-refractivity contribution < 1.29 is 26.8 Å². The monoisotopic (exact) mass is 470 g/mol. The first-order valence-electron chi connectivity index (χ1n) is 11.9. The van der Waals surface area contributed by atoms with Crippen LogP contribution in [-0.4, -0.2) is 46.4 Å². The van der Waals surface area contributed by atoms with E-state index in [0.29, 0.717) is 19.8 Å². The van der Waals surface area contributed by atoms with Gasteiger partial charge in [0.15, 0.2) is 5.79 Å². The molecule has 0 amide bonds. The third-order valence-corrected chi connectivity index (χ3v) is 5.54. The van der Waals surface area contributed by atoms with Gasteiger partial charge in [0.2, 0.25) is 0 Å². The molecule has 1 fully saturated rings. The van der Waals surface area contributed by atoms with E-state index in [4.69, 9.17) is 18.4 Å². The van der Waals surface area contributed by atoms with E-state index in [1.54, 1.807) is 12.3 Å². The molecule has 0 bridgehead atoms. The Labute approximate surface area is 195 Å². The second kappa shape index (κ2) is 17.2. The van der Waals surface area contributed by atoms with Gasteiger partial charge in [-0.2, -0.15) is 8.42 Å². The number of allylic oxidation sites excluding steroid dienone is 3. The van der Waals surface area contributed by atoms with Crippen LogP contribution >= 0.6 is 0 Å². The first kappa shape index (κ1) is 28.7. The maximum Gasteiger partial charge on any atom is 0.264 e. The van der Waals surface area contributed by atoms with Gasteiger partial charge in [0.05, 0.1) is 25.7 Å². The maximum absolute atomic E-state index is 10.8. The first-order chi connectivity index (χ1) is 15.3.